The Kier molecular flexibility index (Phi) is 4.49. The van der Waals surface area contributed by atoms with Crippen LogP contribution in [0.2, 0.25) is 5.02 Å². The summed E-state index contributed by atoms with van der Waals surface area (Å²) in [5.74, 6) is 0. The number of azo groups is 1. The van der Waals surface area contributed by atoms with E-state index in [2.05, 4.69) is 10.2 Å². The van der Waals surface area contributed by atoms with Crippen molar-refractivity contribution >= 4 is 34.4 Å². The SMILES string of the molecule is CN(C)c1ccc(/N=N/c2ccc([N+](=O)[O-])cc2Cl)cc1. The smallest absolute Gasteiger partial charge is 0.271 e. The first-order valence-corrected chi connectivity index (χ1v) is 6.48. The number of rotatable bonds is 4. The van der Waals surface area contributed by atoms with Crippen LogP contribution in [0.5, 0.6) is 0 Å². The minimum absolute atomic E-state index is 0.0747. The molecule has 6 nitrogen and oxygen atoms in total. The first-order valence-electron chi connectivity index (χ1n) is 6.10. The van der Waals surface area contributed by atoms with E-state index in [1.165, 1.54) is 18.2 Å². The fraction of sp³-hybridized carbons (Fsp3) is 0.143. The summed E-state index contributed by atoms with van der Waals surface area (Å²) in [7, 11) is 3.90. The lowest BCUT2D eigenvalue weighted by Crippen LogP contribution is -2.07. The Morgan fingerprint density at radius 1 is 1.10 bits per heavy atom. The van der Waals surface area contributed by atoms with Crippen molar-refractivity contribution in [3.05, 3.63) is 57.6 Å². The molecule has 0 N–H and O–H groups in total. The third kappa shape index (κ3) is 3.76. The molecular formula is C14H13ClN4O2. The number of anilines is 1. The zero-order chi connectivity index (χ0) is 15.4. The monoisotopic (exact) mass is 304 g/mol. The quantitative estimate of drug-likeness (QED) is 0.465. The van der Waals surface area contributed by atoms with Crippen LogP contribution < -0.4 is 4.90 Å². The van der Waals surface area contributed by atoms with Crippen molar-refractivity contribution in [2.24, 2.45) is 10.2 Å². The molecule has 0 atom stereocenters. The van der Waals surface area contributed by atoms with Gasteiger partial charge in [-0.3, -0.25) is 10.1 Å². The highest BCUT2D eigenvalue weighted by molar-refractivity contribution is 6.33. The maximum Gasteiger partial charge on any atom is 0.271 e. The van der Waals surface area contributed by atoms with Crippen LogP contribution in [0.1, 0.15) is 0 Å². The molecule has 2 rings (SSSR count). The molecular weight excluding hydrogens is 292 g/mol. The Morgan fingerprint density at radius 3 is 2.29 bits per heavy atom. The first kappa shape index (κ1) is 14.9. The molecule has 0 spiro atoms. The van der Waals surface area contributed by atoms with Gasteiger partial charge in [-0.25, -0.2) is 0 Å². The molecule has 0 bridgehead atoms. The Morgan fingerprint density at radius 2 is 1.76 bits per heavy atom. The summed E-state index contributed by atoms with van der Waals surface area (Å²) >= 11 is 5.94. The molecule has 0 heterocycles. The van der Waals surface area contributed by atoms with Crippen molar-refractivity contribution in [2.45, 2.75) is 0 Å². The van der Waals surface area contributed by atoms with Crippen molar-refractivity contribution in [3.8, 4) is 0 Å². The largest absolute Gasteiger partial charge is 0.378 e. The lowest BCUT2D eigenvalue weighted by atomic mass is 10.3. The second kappa shape index (κ2) is 6.32. The van der Waals surface area contributed by atoms with E-state index >= 15 is 0 Å². The summed E-state index contributed by atoms with van der Waals surface area (Å²) in [5.41, 5.74) is 2.05. The third-order valence-corrected chi connectivity index (χ3v) is 3.08. The van der Waals surface area contributed by atoms with E-state index in [1.807, 2.05) is 43.3 Å². The standard InChI is InChI=1S/C14H13ClN4O2/c1-18(2)11-5-3-10(4-6-11)16-17-14-8-7-12(19(20)21)9-13(14)15/h3-9H,1-2H3/b17-16+. The first-order chi connectivity index (χ1) is 9.97. The summed E-state index contributed by atoms with van der Waals surface area (Å²) < 4.78 is 0. The summed E-state index contributed by atoms with van der Waals surface area (Å²) in [6, 6.07) is 11.6. The summed E-state index contributed by atoms with van der Waals surface area (Å²) in [5, 5.41) is 18.9. The highest BCUT2D eigenvalue weighted by Gasteiger charge is 2.08. The lowest BCUT2D eigenvalue weighted by molar-refractivity contribution is -0.384. The van der Waals surface area contributed by atoms with E-state index in [0.717, 1.165) is 5.69 Å². The van der Waals surface area contributed by atoms with Gasteiger partial charge in [0.1, 0.15) is 5.69 Å². The van der Waals surface area contributed by atoms with Gasteiger partial charge in [0.25, 0.3) is 5.69 Å². The van der Waals surface area contributed by atoms with Crippen LogP contribution in [0.3, 0.4) is 0 Å². The van der Waals surface area contributed by atoms with Gasteiger partial charge in [0.15, 0.2) is 0 Å². The minimum Gasteiger partial charge on any atom is -0.378 e. The predicted molar refractivity (Wildman–Crippen MR) is 83.1 cm³/mol. The summed E-state index contributed by atoms with van der Waals surface area (Å²) in [6.45, 7) is 0. The van der Waals surface area contributed by atoms with Crippen molar-refractivity contribution < 1.29 is 4.92 Å². The van der Waals surface area contributed by atoms with E-state index < -0.39 is 4.92 Å². The Hall–Kier alpha value is -2.47. The highest BCUT2D eigenvalue weighted by atomic mass is 35.5. The number of non-ortho nitro benzene ring substituents is 1. The molecule has 0 radical (unpaired) electrons. The van der Waals surface area contributed by atoms with Crippen LogP contribution in [-0.4, -0.2) is 19.0 Å². The van der Waals surface area contributed by atoms with Crippen LogP contribution in [0.25, 0.3) is 0 Å². The van der Waals surface area contributed by atoms with Crippen LogP contribution >= 0.6 is 11.6 Å². The van der Waals surface area contributed by atoms with Crippen molar-refractivity contribution in [1.82, 2.24) is 0 Å². The molecule has 0 unspecified atom stereocenters. The molecule has 2 aromatic carbocycles. The molecule has 108 valence electrons. The summed E-state index contributed by atoms with van der Waals surface area (Å²) in [6.07, 6.45) is 0. The topological polar surface area (TPSA) is 71.1 Å². The number of halogens is 1. The van der Waals surface area contributed by atoms with Gasteiger partial charge in [0, 0.05) is 31.9 Å². The molecule has 0 fully saturated rings. The zero-order valence-electron chi connectivity index (χ0n) is 11.5. The lowest BCUT2D eigenvalue weighted by Gasteiger charge is -2.11. The molecule has 0 amide bonds. The van der Waals surface area contributed by atoms with E-state index in [1.54, 1.807) is 0 Å². The van der Waals surface area contributed by atoms with Crippen molar-refractivity contribution in [3.63, 3.8) is 0 Å². The molecule has 7 heteroatoms. The van der Waals surface area contributed by atoms with Gasteiger partial charge in [0.05, 0.1) is 15.6 Å². The van der Waals surface area contributed by atoms with E-state index in [4.69, 9.17) is 11.6 Å². The van der Waals surface area contributed by atoms with Gasteiger partial charge in [-0.1, -0.05) is 11.6 Å². The van der Waals surface area contributed by atoms with Gasteiger partial charge < -0.3 is 4.90 Å². The molecule has 0 aliphatic heterocycles. The number of nitro benzene ring substituents is 1. The average Bonchev–Trinajstić information content (AvgIpc) is 2.46. The zero-order valence-corrected chi connectivity index (χ0v) is 12.3. The van der Waals surface area contributed by atoms with Crippen LogP contribution in [0.4, 0.5) is 22.7 Å². The molecule has 2 aromatic rings. The average molecular weight is 305 g/mol. The van der Waals surface area contributed by atoms with Gasteiger partial charge in [-0.2, -0.15) is 5.11 Å². The predicted octanol–water partition coefficient (Wildman–Crippen LogP) is 4.73. The molecule has 0 aromatic heterocycles. The molecule has 0 saturated carbocycles. The van der Waals surface area contributed by atoms with Crippen molar-refractivity contribution in [2.75, 3.05) is 19.0 Å². The van der Waals surface area contributed by atoms with Gasteiger partial charge >= 0.3 is 0 Å². The van der Waals surface area contributed by atoms with Crippen LogP contribution in [0.15, 0.2) is 52.7 Å². The van der Waals surface area contributed by atoms with Gasteiger partial charge in [0.2, 0.25) is 0 Å². The maximum atomic E-state index is 10.6. The molecule has 0 aliphatic carbocycles. The molecule has 0 aliphatic rings. The Bertz CT molecular complexity index is 684. The summed E-state index contributed by atoms with van der Waals surface area (Å²) in [4.78, 5) is 12.1. The fourth-order valence-electron chi connectivity index (χ4n) is 1.62. The van der Waals surface area contributed by atoms with Crippen LogP contribution in [-0.2, 0) is 0 Å². The van der Waals surface area contributed by atoms with E-state index in [-0.39, 0.29) is 10.7 Å². The Balaban J connectivity index is 2.19. The molecule has 21 heavy (non-hydrogen) atoms. The maximum absolute atomic E-state index is 10.6. The van der Waals surface area contributed by atoms with E-state index in [9.17, 15) is 10.1 Å². The highest BCUT2D eigenvalue weighted by Crippen LogP contribution is 2.30. The van der Waals surface area contributed by atoms with Gasteiger partial charge in [-0.05, 0) is 30.3 Å². The number of nitrogens with zero attached hydrogens (tertiary/aromatic N) is 4. The normalized spacial score (nSPS) is 10.8. The van der Waals surface area contributed by atoms with Gasteiger partial charge in [-0.15, -0.1) is 5.11 Å². The third-order valence-electron chi connectivity index (χ3n) is 2.78. The van der Waals surface area contributed by atoms with E-state index in [0.29, 0.717) is 11.4 Å². The second-order valence-corrected chi connectivity index (χ2v) is 4.91. The fourth-order valence-corrected chi connectivity index (χ4v) is 1.83. The van der Waals surface area contributed by atoms with Crippen LogP contribution in [0, 0.1) is 10.1 Å². The number of hydrogen-bond acceptors (Lipinski definition) is 5. The number of benzene rings is 2. The second-order valence-electron chi connectivity index (χ2n) is 4.50. The molecule has 0 saturated heterocycles. The Labute approximate surface area is 126 Å². The minimum atomic E-state index is -0.507. The van der Waals surface area contributed by atoms with Crippen molar-refractivity contribution in [1.29, 1.82) is 0 Å². The number of nitro groups is 1. The number of hydrogen-bond donors (Lipinski definition) is 0.